The topological polar surface area (TPSA) is 103 Å². The van der Waals surface area contributed by atoms with Crippen molar-refractivity contribution in [2.24, 2.45) is 0 Å². The van der Waals surface area contributed by atoms with Crippen LogP contribution in [0.2, 0.25) is 0 Å². The minimum Gasteiger partial charge on any atom is -0.369 e. The van der Waals surface area contributed by atoms with E-state index >= 15 is 0 Å². The third-order valence-electron chi connectivity index (χ3n) is 0. The van der Waals surface area contributed by atoms with Crippen molar-refractivity contribution in [1.82, 2.24) is 6.15 Å². The zero-order valence-electron chi connectivity index (χ0n) is 3.25. The highest BCUT2D eigenvalue weighted by Crippen LogP contribution is 1.44. The van der Waals surface area contributed by atoms with E-state index in [1.165, 1.54) is 0 Å². The molecule has 0 fully saturated rings. The lowest BCUT2D eigenvalue weighted by atomic mass is 10.8. The van der Waals surface area contributed by atoms with Gasteiger partial charge in [0.15, 0.2) is 0 Å². The lowest BCUT2D eigenvalue weighted by molar-refractivity contribution is -0.402. The van der Waals surface area contributed by atoms with E-state index in [4.69, 9.17) is 15.3 Å². The summed E-state index contributed by atoms with van der Waals surface area (Å²) in [7, 11) is 0. The molecule has 0 unspecified atom stereocenters. The minimum absolute atomic E-state index is 0. The molecule has 0 amide bonds. The molecule has 3 radical (unpaired) electrons. The van der Waals surface area contributed by atoms with Gasteiger partial charge in [-0.25, -0.2) is 0 Å². The van der Waals surface area contributed by atoms with Gasteiger partial charge in [-0.2, -0.15) is 0 Å². The van der Waals surface area contributed by atoms with Gasteiger partial charge >= 0.3 is 0 Å². The molecule has 0 aromatic carbocycles. The molecular weight excluding hydrogens is 86.8 g/mol. The van der Waals surface area contributed by atoms with Crippen molar-refractivity contribution in [2.75, 3.05) is 0 Å². The summed E-state index contributed by atoms with van der Waals surface area (Å²) in [6, 6.07) is 0. The quantitative estimate of drug-likeness (QED) is 0.252. The van der Waals surface area contributed by atoms with Crippen LogP contribution in [0.15, 0.2) is 0 Å². The molecule has 0 rings (SSSR count). The Kier molecular flexibility index (Phi) is 27.9. The Labute approximate surface area is 36.2 Å². The number of quaternary nitrogens is 1. The maximum absolute atomic E-state index is 8.25. The van der Waals surface area contributed by atoms with Crippen molar-refractivity contribution in [1.29, 1.82) is 0 Å². The number of rotatable bonds is 0. The Bertz CT molecular complexity index is 31.8. The SMILES string of the molecule is O=[N+]([O-])[O-].[B].[NH4+]. The van der Waals surface area contributed by atoms with E-state index in [-0.39, 0.29) is 14.6 Å². The molecular formula is H4BN2O3. The molecule has 6 heavy (non-hydrogen) atoms. The first-order chi connectivity index (χ1) is 1.73. The van der Waals surface area contributed by atoms with E-state index in [1.807, 2.05) is 0 Å². The van der Waals surface area contributed by atoms with Gasteiger partial charge in [0.05, 0.1) is 5.09 Å². The molecule has 0 spiro atoms. The highest BCUT2D eigenvalue weighted by molar-refractivity contribution is 5.75. The maximum Gasteiger partial charge on any atom is 0.0689 e. The lowest BCUT2D eigenvalue weighted by Crippen LogP contribution is -1.74. The predicted molar refractivity (Wildman–Crippen MR) is 22.1 cm³/mol. The van der Waals surface area contributed by atoms with Crippen molar-refractivity contribution < 1.29 is 5.09 Å². The van der Waals surface area contributed by atoms with Crippen molar-refractivity contribution in [3.05, 3.63) is 15.3 Å². The summed E-state index contributed by atoms with van der Waals surface area (Å²) in [5, 5.41) is 14.8. The van der Waals surface area contributed by atoms with E-state index < -0.39 is 5.09 Å². The summed E-state index contributed by atoms with van der Waals surface area (Å²) in [6.45, 7) is 0. The van der Waals surface area contributed by atoms with Crippen molar-refractivity contribution in [3.63, 3.8) is 0 Å². The highest BCUT2D eigenvalue weighted by Gasteiger charge is 1.45. The first-order valence-corrected chi connectivity index (χ1v) is 0.548. The van der Waals surface area contributed by atoms with E-state index in [2.05, 4.69) is 0 Å². The second kappa shape index (κ2) is 8.88. The van der Waals surface area contributed by atoms with E-state index in [0.29, 0.717) is 0 Å². The van der Waals surface area contributed by atoms with Gasteiger partial charge in [0, 0.05) is 8.41 Å². The number of hydrogen-bond acceptors (Lipinski definition) is 3. The van der Waals surface area contributed by atoms with Gasteiger partial charge in [-0.1, -0.05) is 0 Å². The molecule has 0 saturated carbocycles. The van der Waals surface area contributed by atoms with E-state index in [1.54, 1.807) is 0 Å². The number of hydrogen-bond donors (Lipinski definition) is 1. The van der Waals surface area contributed by atoms with Gasteiger partial charge in [-0.05, 0) is 0 Å². The summed E-state index contributed by atoms with van der Waals surface area (Å²) in [4.78, 5) is 8.25. The Hall–Kier alpha value is -0.775. The fraction of sp³-hybridized carbons (Fsp3) is 0. The second-order valence-corrected chi connectivity index (χ2v) is 0.224. The molecule has 5 nitrogen and oxygen atoms in total. The van der Waals surface area contributed by atoms with E-state index in [9.17, 15) is 0 Å². The summed E-state index contributed by atoms with van der Waals surface area (Å²) >= 11 is 0. The highest BCUT2D eigenvalue weighted by atomic mass is 16.9. The van der Waals surface area contributed by atoms with Gasteiger partial charge in [0.25, 0.3) is 0 Å². The molecule has 0 bridgehead atoms. The molecule has 0 aromatic heterocycles. The second-order valence-electron chi connectivity index (χ2n) is 0.224. The number of nitrogens with zero attached hydrogens (tertiary/aromatic N) is 1. The van der Waals surface area contributed by atoms with Gasteiger partial charge in [0.2, 0.25) is 0 Å². The molecule has 0 heterocycles. The van der Waals surface area contributed by atoms with Crippen LogP contribution in [0, 0.1) is 15.3 Å². The summed E-state index contributed by atoms with van der Waals surface area (Å²) in [5.41, 5.74) is 0. The third-order valence-corrected chi connectivity index (χ3v) is 0. The van der Waals surface area contributed by atoms with Crippen LogP contribution >= 0.6 is 0 Å². The average Bonchev–Trinajstić information content (AvgIpc) is 0.811. The maximum atomic E-state index is 8.25. The standard InChI is InChI=1S/B.NO3.H3N/c;2-1(3)4;/h;;1H3/q;-1;/p+1. The predicted octanol–water partition coefficient (Wildman–Crippen LogP) is -0.244. The van der Waals surface area contributed by atoms with Gasteiger partial charge in [0.1, 0.15) is 0 Å². The third kappa shape index (κ3) is 26.6. The molecule has 0 aliphatic rings. The summed E-state index contributed by atoms with van der Waals surface area (Å²) < 4.78 is 0. The monoisotopic (exact) mass is 91.0 g/mol. The molecule has 0 atom stereocenters. The van der Waals surface area contributed by atoms with Crippen molar-refractivity contribution in [2.45, 2.75) is 0 Å². The van der Waals surface area contributed by atoms with Crippen molar-refractivity contribution in [3.8, 4) is 0 Å². The normalized spacial score (nSPS) is 4.00. The first-order valence-electron chi connectivity index (χ1n) is 0.548. The molecule has 6 heteroatoms. The lowest BCUT2D eigenvalue weighted by Gasteiger charge is -1.74. The van der Waals surface area contributed by atoms with Crippen LogP contribution in [0.5, 0.6) is 0 Å². The van der Waals surface area contributed by atoms with Crippen LogP contribution in [0.3, 0.4) is 0 Å². The Balaban J connectivity index is -0.0000000450. The van der Waals surface area contributed by atoms with E-state index in [0.717, 1.165) is 0 Å². The Morgan fingerprint density at radius 3 is 1.33 bits per heavy atom. The largest absolute Gasteiger partial charge is 0.369 e. The average molecular weight is 90.9 g/mol. The molecule has 0 aromatic rings. The first kappa shape index (κ1) is 18.8. The van der Waals surface area contributed by atoms with Crippen LogP contribution in [-0.2, 0) is 0 Å². The van der Waals surface area contributed by atoms with Crippen molar-refractivity contribution >= 4 is 8.41 Å². The molecule has 35 valence electrons. The fourth-order valence-corrected chi connectivity index (χ4v) is 0. The zero-order chi connectivity index (χ0) is 3.58. The smallest absolute Gasteiger partial charge is 0.0689 e. The van der Waals surface area contributed by atoms with Gasteiger partial charge < -0.3 is 21.5 Å². The summed E-state index contributed by atoms with van der Waals surface area (Å²) in [6.07, 6.45) is 0. The Morgan fingerprint density at radius 1 is 1.33 bits per heavy atom. The van der Waals surface area contributed by atoms with Crippen LogP contribution in [0.25, 0.3) is 0 Å². The minimum atomic E-state index is -1.75. The van der Waals surface area contributed by atoms with Crippen LogP contribution < -0.4 is 6.15 Å². The van der Waals surface area contributed by atoms with Gasteiger partial charge in [-0.15, -0.1) is 0 Å². The molecule has 0 aliphatic heterocycles. The molecule has 0 aliphatic carbocycles. The van der Waals surface area contributed by atoms with Crippen LogP contribution in [0.1, 0.15) is 0 Å². The zero-order valence-corrected chi connectivity index (χ0v) is 3.25. The fourth-order valence-electron chi connectivity index (χ4n) is 0. The molecule has 0 saturated heterocycles. The summed E-state index contributed by atoms with van der Waals surface area (Å²) in [5.74, 6) is 0. The Morgan fingerprint density at radius 2 is 1.33 bits per heavy atom. The van der Waals surface area contributed by atoms with Gasteiger partial charge in [-0.3, -0.25) is 0 Å². The van der Waals surface area contributed by atoms with Crippen LogP contribution in [-0.4, -0.2) is 13.5 Å². The molecule has 4 N–H and O–H groups in total. The van der Waals surface area contributed by atoms with Crippen LogP contribution in [0.4, 0.5) is 0 Å².